The summed E-state index contributed by atoms with van der Waals surface area (Å²) in [6, 6.07) is 24.6. The van der Waals surface area contributed by atoms with E-state index in [1.54, 1.807) is 12.1 Å². The topological polar surface area (TPSA) is 79.7 Å². The highest BCUT2D eigenvalue weighted by Gasteiger charge is 2.26. The fourth-order valence-corrected chi connectivity index (χ4v) is 4.89. The first-order valence-corrected chi connectivity index (χ1v) is 12.9. The Morgan fingerprint density at radius 3 is 2.53 bits per heavy atom. The van der Waals surface area contributed by atoms with E-state index in [1.807, 2.05) is 54.1 Å². The molecule has 0 amide bonds. The fourth-order valence-electron chi connectivity index (χ4n) is 4.89. The average molecular weight is 511 g/mol. The van der Waals surface area contributed by atoms with Gasteiger partial charge in [0.25, 0.3) is 5.56 Å². The lowest BCUT2D eigenvalue weighted by Gasteiger charge is -2.30. The minimum atomic E-state index is -0.279. The molecular formula is C30H31FN6O. The number of benzene rings is 3. The van der Waals surface area contributed by atoms with E-state index in [9.17, 15) is 9.18 Å². The van der Waals surface area contributed by atoms with Crippen molar-refractivity contribution in [3.63, 3.8) is 0 Å². The minimum Gasteiger partial charge on any atom is -0.322 e. The van der Waals surface area contributed by atoms with Crippen LogP contribution in [0.1, 0.15) is 47.5 Å². The number of fused-ring (bicyclic) bond motifs is 1. The standard InChI is InChI=1S/C30H31FN6O/c1-3-28(29-33-34-35-37(29)16-15-22-7-5-4-6-8-22)36(19-23-10-13-26(31)14-11-23)20-25-18-24-12-9-21(2)17-27(24)32-30(25)38/h4-14,17-18,28H,3,15-16,19-20H2,1-2H3,(H,32,38). The van der Waals surface area contributed by atoms with Crippen molar-refractivity contribution in [3.05, 3.63) is 123 Å². The Balaban J connectivity index is 1.47. The van der Waals surface area contributed by atoms with Crippen LogP contribution in [-0.2, 0) is 26.1 Å². The summed E-state index contributed by atoms with van der Waals surface area (Å²) < 4.78 is 15.5. The number of H-pyrrole nitrogens is 1. The van der Waals surface area contributed by atoms with Crippen LogP contribution < -0.4 is 5.56 Å². The molecule has 5 rings (SSSR count). The Morgan fingerprint density at radius 1 is 0.974 bits per heavy atom. The van der Waals surface area contributed by atoms with Crippen LogP contribution >= 0.6 is 0 Å². The summed E-state index contributed by atoms with van der Waals surface area (Å²) in [5.41, 5.74) is 4.60. The predicted molar refractivity (Wildman–Crippen MR) is 146 cm³/mol. The molecule has 0 aliphatic rings. The van der Waals surface area contributed by atoms with Crippen molar-refractivity contribution in [3.8, 4) is 0 Å². The Labute approximate surface area is 220 Å². The first kappa shape index (κ1) is 25.5. The van der Waals surface area contributed by atoms with Crippen LogP contribution in [-0.4, -0.2) is 30.1 Å². The van der Waals surface area contributed by atoms with Gasteiger partial charge in [0, 0.05) is 30.7 Å². The largest absolute Gasteiger partial charge is 0.322 e. The zero-order valence-electron chi connectivity index (χ0n) is 21.6. The number of aromatic nitrogens is 5. The Hall–Kier alpha value is -4.17. The molecule has 194 valence electrons. The van der Waals surface area contributed by atoms with Gasteiger partial charge in [-0.3, -0.25) is 9.69 Å². The van der Waals surface area contributed by atoms with Gasteiger partial charge in [-0.2, -0.15) is 0 Å². The van der Waals surface area contributed by atoms with Crippen molar-refractivity contribution in [1.29, 1.82) is 0 Å². The highest BCUT2D eigenvalue weighted by atomic mass is 19.1. The van der Waals surface area contributed by atoms with Crippen molar-refractivity contribution in [1.82, 2.24) is 30.1 Å². The molecule has 0 bridgehead atoms. The number of tetrazole rings is 1. The molecule has 8 heteroatoms. The van der Waals surface area contributed by atoms with Crippen LogP contribution in [0.25, 0.3) is 10.9 Å². The summed E-state index contributed by atoms with van der Waals surface area (Å²) in [4.78, 5) is 18.4. The van der Waals surface area contributed by atoms with E-state index >= 15 is 0 Å². The van der Waals surface area contributed by atoms with Gasteiger partial charge in [-0.25, -0.2) is 9.07 Å². The molecule has 0 saturated carbocycles. The van der Waals surface area contributed by atoms with Gasteiger partial charge in [0.05, 0.1) is 6.04 Å². The third-order valence-corrected chi connectivity index (χ3v) is 6.89. The third kappa shape index (κ3) is 5.86. The molecular weight excluding hydrogens is 479 g/mol. The van der Waals surface area contributed by atoms with Crippen LogP contribution in [0.2, 0.25) is 0 Å². The van der Waals surface area contributed by atoms with Gasteiger partial charge in [0.15, 0.2) is 5.82 Å². The number of aromatic amines is 1. The molecule has 0 saturated heterocycles. The number of hydrogen-bond acceptors (Lipinski definition) is 5. The zero-order chi connectivity index (χ0) is 26.5. The van der Waals surface area contributed by atoms with E-state index in [2.05, 4.69) is 44.5 Å². The Bertz CT molecular complexity index is 1560. The number of hydrogen-bond donors (Lipinski definition) is 1. The number of halogens is 1. The first-order valence-electron chi connectivity index (χ1n) is 12.9. The smallest absolute Gasteiger partial charge is 0.252 e. The number of aryl methyl sites for hydroxylation is 3. The second-order valence-electron chi connectivity index (χ2n) is 9.67. The summed E-state index contributed by atoms with van der Waals surface area (Å²) in [6.07, 6.45) is 1.54. The molecule has 0 spiro atoms. The Morgan fingerprint density at radius 2 is 1.76 bits per heavy atom. The van der Waals surface area contributed by atoms with Gasteiger partial charge < -0.3 is 4.98 Å². The third-order valence-electron chi connectivity index (χ3n) is 6.89. The van der Waals surface area contributed by atoms with E-state index in [0.29, 0.717) is 25.2 Å². The maximum Gasteiger partial charge on any atom is 0.252 e. The molecule has 1 unspecified atom stereocenters. The number of nitrogens with one attached hydrogen (secondary N) is 1. The summed E-state index contributed by atoms with van der Waals surface area (Å²) in [5.74, 6) is 0.469. The average Bonchev–Trinajstić information content (AvgIpc) is 3.38. The van der Waals surface area contributed by atoms with Crippen molar-refractivity contribution < 1.29 is 4.39 Å². The van der Waals surface area contributed by atoms with Gasteiger partial charge in [0.2, 0.25) is 0 Å². The molecule has 5 aromatic rings. The van der Waals surface area contributed by atoms with Gasteiger partial charge in [-0.15, -0.1) is 5.10 Å². The van der Waals surface area contributed by atoms with Crippen LogP contribution in [0.4, 0.5) is 4.39 Å². The lowest BCUT2D eigenvalue weighted by molar-refractivity contribution is 0.160. The van der Waals surface area contributed by atoms with Gasteiger partial charge >= 0.3 is 0 Å². The predicted octanol–water partition coefficient (Wildman–Crippen LogP) is 5.36. The molecule has 2 heterocycles. The van der Waals surface area contributed by atoms with Gasteiger partial charge in [0.1, 0.15) is 5.82 Å². The quantitative estimate of drug-likeness (QED) is 0.274. The normalized spacial score (nSPS) is 12.3. The summed E-state index contributed by atoms with van der Waals surface area (Å²) >= 11 is 0. The second-order valence-corrected chi connectivity index (χ2v) is 9.67. The molecule has 2 aromatic heterocycles. The second kappa shape index (κ2) is 11.5. The molecule has 0 aliphatic heterocycles. The fraction of sp³-hybridized carbons (Fsp3) is 0.267. The molecule has 3 aromatic carbocycles. The molecule has 0 fully saturated rings. The van der Waals surface area contributed by atoms with Crippen molar-refractivity contribution in [2.75, 3.05) is 0 Å². The summed E-state index contributed by atoms with van der Waals surface area (Å²) in [5, 5.41) is 13.7. The maximum atomic E-state index is 13.6. The van der Waals surface area contributed by atoms with Crippen LogP contribution in [0.5, 0.6) is 0 Å². The zero-order valence-corrected chi connectivity index (χ0v) is 21.6. The molecule has 1 atom stereocenters. The number of rotatable bonds is 10. The first-order chi connectivity index (χ1) is 18.5. The van der Waals surface area contributed by atoms with Crippen molar-refractivity contribution in [2.45, 2.75) is 52.4 Å². The molecule has 38 heavy (non-hydrogen) atoms. The van der Waals surface area contributed by atoms with E-state index in [0.717, 1.165) is 40.7 Å². The molecule has 1 N–H and O–H groups in total. The van der Waals surface area contributed by atoms with E-state index in [4.69, 9.17) is 0 Å². The summed E-state index contributed by atoms with van der Waals surface area (Å²) in [6.45, 7) is 5.63. The highest BCUT2D eigenvalue weighted by molar-refractivity contribution is 5.79. The monoisotopic (exact) mass is 510 g/mol. The maximum absolute atomic E-state index is 13.6. The van der Waals surface area contributed by atoms with Gasteiger partial charge in [-0.05, 0) is 76.5 Å². The van der Waals surface area contributed by atoms with Crippen molar-refractivity contribution >= 4 is 10.9 Å². The molecule has 7 nitrogen and oxygen atoms in total. The lowest BCUT2D eigenvalue weighted by atomic mass is 10.1. The minimum absolute atomic E-state index is 0.120. The van der Waals surface area contributed by atoms with E-state index in [1.165, 1.54) is 17.7 Å². The number of pyridine rings is 1. The molecule has 0 radical (unpaired) electrons. The van der Waals surface area contributed by atoms with E-state index < -0.39 is 0 Å². The Kier molecular flexibility index (Phi) is 7.70. The molecule has 0 aliphatic carbocycles. The SMILES string of the molecule is CCC(c1nnnn1CCc1ccccc1)N(Cc1ccc(F)cc1)Cc1cc2ccc(C)cc2[nH]c1=O. The number of nitrogens with zero attached hydrogens (tertiary/aromatic N) is 5. The van der Waals surface area contributed by atoms with Crippen molar-refractivity contribution in [2.24, 2.45) is 0 Å². The van der Waals surface area contributed by atoms with Gasteiger partial charge in [-0.1, -0.05) is 61.5 Å². The lowest BCUT2D eigenvalue weighted by Crippen LogP contribution is -2.32. The van der Waals surface area contributed by atoms with E-state index in [-0.39, 0.29) is 17.4 Å². The van der Waals surface area contributed by atoms with Crippen LogP contribution in [0, 0.1) is 12.7 Å². The van der Waals surface area contributed by atoms with Crippen LogP contribution in [0.3, 0.4) is 0 Å². The summed E-state index contributed by atoms with van der Waals surface area (Å²) in [7, 11) is 0. The van der Waals surface area contributed by atoms with Crippen LogP contribution in [0.15, 0.2) is 83.7 Å². The highest BCUT2D eigenvalue weighted by Crippen LogP contribution is 2.27.